The van der Waals surface area contributed by atoms with Crippen molar-refractivity contribution in [3.8, 4) is 11.5 Å². The fourth-order valence-electron chi connectivity index (χ4n) is 2.91. The number of nitrogens with zero attached hydrogens (tertiary/aromatic N) is 3. The fourth-order valence-corrected chi connectivity index (χ4v) is 3.72. The fraction of sp³-hybridized carbons (Fsp3) is 0.438. The van der Waals surface area contributed by atoms with E-state index < -0.39 is 0 Å². The summed E-state index contributed by atoms with van der Waals surface area (Å²) >= 11 is 1.34. The number of nitrogens with one attached hydrogen (secondary N) is 1. The zero-order chi connectivity index (χ0) is 17.4. The number of rotatable bonds is 5. The molecule has 25 heavy (non-hydrogen) atoms. The van der Waals surface area contributed by atoms with E-state index in [0.717, 1.165) is 19.4 Å². The standard InChI is InChI=1S/C16H18N4O4S/c1-22-12-6-10-11(7-13(12)23-2)18-16-20(14(10)21)19-15(25-16)17-8-9-4-3-5-24-9/h6-7,9H,3-5,8H2,1-2H3,(H,17,19). The Morgan fingerprint density at radius 2 is 2.16 bits per heavy atom. The third kappa shape index (κ3) is 2.89. The van der Waals surface area contributed by atoms with Gasteiger partial charge in [-0.2, -0.15) is 4.52 Å². The van der Waals surface area contributed by atoms with E-state index in [1.165, 1.54) is 23.0 Å². The molecule has 1 atom stereocenters. The van der Waals surface area contributed by atoms with Crippen LogP contribution in [0.4, 0.5) is 5.13 Å². The lowest BCUT2D eigenvalue weighted by atomic mass is 10.2. The minimum atomic E-state index is -0.234. The third-order valence-corrected chi connectivity index (χ3v) is 5.07. The third-order valence-electron chi connectivity index (χ3n) is 4.21. The molecule has 132 valence electrons. The van der Waals surface area contributed by atoms with Crippen LogP contribution in [-0.4, -0.2) is 48.1 Å². The Kier molecular flexibility index (Phi) is 4.18. The van der Waals surface area contributed by atoms with Crippen LogP contribution in [0.2, 0.25) is 0 Å². The number of benzene rings is 1. The highest BCUT2D eigenvalue weighted by Gasteiger charge is 2.17. The number of hydrogen-bond donors (Lipinski definition) is 1. The number of aromatic nitrogens is 3. The topological polar surface area (TPSA) is 87.0 Å². The molecule has 3 aromatic rings. The molecule has 0 radical (unpaired) electrons. The minimum Gasteiger partial charge on any atom is -0.493 e. The number of methoxy groups -OCH3 is 2. The van der Waals surface area contributed by atoms with Gasteiger partial charge >= 0.3 is 0 Å². The van der Waals surface area contributed by atoms with Crippen LogP contribution in [0.1, 0.15) is 12.8 Å². The number of fused-ring (bicyclic) bond motifs is 2. The summed E-state index contributed by atoms with van der Waals surface area (Å²) in [5.74, 6) is 1.02. The molecule has 9 heteroatoms. The summed E-state index contributed by atoms with van der Waals surface area (Å²) in [6.07, 6.45) is 2.33. The first kappa shape index (κ1) is 16.1. The van der Waals surface area contributed by atoms with Crippen LogP contribution < -0.4 is 20.3 Å². The second kappa shape index (κ2) is 6.49. The molecule has 0 spiro atoms. The van der Waals surface area contributed by atoms with Gasteiger partial charge in [0.2, 0.25) is 10.1 Å². The molecule has 1 aliphatic heterocycles. The van der Waals surface area contributed by atoms with Crippen molar-refractivity contribution in [3.05, 3.63) is 22.5 Å². The van der Waals surface area contributed by atoms with Crippen LogP contribution in [0.25, 0.3) is 15.9 Å². The average Bonchev–Trinajstić information content (AvgIpc) is 3.28. The van der Waals surface area contributed by atoms with Gasteiger partial charge in [0, 0.05) is 19.2 Å². The summed E-state index contributed by atoms with van der Waals surface area (Å²) in [6, 6.07) is 3.34. The molecule has 1 fully saturated rings. The van der Waals surface area contributed by atoms with E-state index in [0.29, 0.717) is 39.0 Å². The van der Waals surface area contributed by atoms with Crippen LogP contribution in [0, 0.1) is 0 Å². The maximum Gasteiger partial charge on any atom is 0.283 e. The molecule has 2 aromatic heterocycles. The Morgan fingerprint density at radius 1 is 1.36 bits per heavy atom. The first-order valence-electron chi connectivity index (χ1n) is 8.00. The molecule has 0 saturated carbocycles. The van der Waals surface area contributed by atoms with Crippen LogP contribution in [0.15, 0.2) is 16.9 Å². The highest BCUT2D eigenvalue weighted by Crippen LogP contribution is 2.31. The molecule has 1 aliphatic rings. The highest BCUT2D eigenvalue weighted by atomic mass is 32.1. The van der Waals surface area contributed by atoms with Crippen molar-refractivity contribution in [1.29, 1.82) is 0 Å². The van der Waals surface area contributed by atoms with E-state index in [1.807, 2.05) is 0 Å². The van der Waals surface area contributed by atoms with Crippen molar-refractivity contribution in [2.45, 2.75) is 18.9 Å². The van der Waals surface area contributed by atoms with Gasteiger partial charge in [0.05, 0.1) is 31.2 Å². The van der Waals surface area contributed by atoms with Gasteiger partial charge in [-0.1, -0.05) is 11.3 Å². The van der Waals surface area contributed by atoms with E-state index in [4.69, 9.17) is 14.2 Å². The predicted molar refractivity (Wildman–Crippen MR) is 95.2 cm³/mol. The van der Waals surface area contributed by atoms with Gasteiger partial charge in [-0.3, -0.25) is 4.79 Å². The van der Waals surface area contributed by atoms with Crippen molar-refractivity contribution in [2.75, 3.05) is 32.7 Å². The number of ether oxygens (including phenoxy) is 3. The smallest absolute Gasteiger partial charge is 0.283 e. The van der Waals surface area contributed by atoms with Gasteiger partial charge in [-0.25, -0.2) is 4.98 Å². The van der Waals surface area contributed by atoms with E-state index in [9.17, 15) is 4.79 Å². The van der Waals surface area contributed by atoms with E-state index in [1.54, 1.807) is 19.2 Å². The molecule has 0 aliphatic carbocycles. The Morgan fingerprint density at radius 3 is 2.88 bits per heavy atom. The Balaban J connectivity index is 1.74. The van der Waals surface area contributed by atoms with Gasteiger partial charge in [-0.15, -0.1) is 5.10 Å². The van der Waals surface area contributed by atoms with Crippen molar-refractivity contribution in [3.63, 3.8) is 0 Å². The van der Waals surface area contributed by atoms with E-state index >= 15 is 0 Å². The first-order valence-corrected chi connectivity index (χ1v) is 8.82. The first-order chi connectivity index (χ1) is 12.2. The Bertz CT molecular complexity index is 978. The van der Waals surface area contributed by atoms with Crippen molar-refractivity contribution >= 4 is 32.3 Å². The summed E-state index contributed by atoms with van der Waals surface area (Å²) in [5, 5.41) is 8.66. The molecule has 3 heterocycles. The monoisotopic (exact) mass is 362 g/mol. The van der Waals surface area contributed by atoms with Crippen LogP contribution in [-0.2, 0) is 4.74 Å². The highest BCUT2D eigenvalue weighted by molar-refractivity contribution is 7.20. The predicted octanol–water partition coefficient (Wildman–Crippen LogP) is 1.91. The lowest BCUT2D eigenvalue weighted by Crippen LogP contribution is -2.19. The largest absolute Gasteiger partial charge is 0.493 e. The second-order valence-electron chi connectivity index (χ2n) is 5.76. The quantitative estimate of drug-likeness (QED) is 0.742. The lowest BCUT2D eigenvalue weighted by Gasteiger charge is -2.08. The summed E-state index contributed by atoms with van der Waals surface area (Å²) in [4.78, 5) is 17.8. The SMILES string of the molecule is COc1cc2nc3sc(NCC4CCCO4)nn3c(=O)c2cc1OC. The summed E-state index contributed by atoms with van der Waals surface area (Å²) < 4.78 is 17.5. The van der Waals surface area contributed by atoms with E-state index in [-0.39, 0.29) is 11.7 Å². The van der Waals surface area contributed by atoms with Crippen molar-refractivity contribution < 1.29 is 14.2 Å². The number of anilines is 1. The van der Waals surface area contributed by atoms with E-state index in [2.05, 4.69) is 15.4 Å². The van der Waals surface area contributed by atoms with Gasteiger partial charge < -0.3 is 19.5 Å². The Labute approximate surface area is 147 Å². The van der Waals surface area contributed by atoms with Gasteiger partial charge in [0.15, 0.2) is 11.5 Å². The van der Waals surface area contributed by atoms with Gasteiger partial charge in [0.25, 0.3) is 5.56 Å². The molecular formula is C16H18N4O4S. The second-order valence-corrected chi connectivity index (χ2v) is 6.71. The Hall–Kier alpha value is -2.39. The zero-order valence-corrected chi connectivity index (χ0v) is 14.8. The molecule has 4 rings (SSSR count). The molecule has 1 aromatic carbocycles. The summed E-state index contributed by atoms with van der Waals surface area (Å²) in [5.41, 5.74) is 0.319. The molecule has 1 unspecified atom stereocenters. The van der Waals surface area contributed by atoms with Gasteiger partial charge in [-0.05, 0) is 18.9 Å². The molecule has 1 saturated heterocycles. The normalized spacial score (nSPS) is 17.3. The molecule has 0 bridgehead atoms. The van der Waals surface area contributed by atoms with Crippen molar-refractivity contribution in [1.82, 2.24) is 14.6 Å². The van der Waals surface area contributed by atoms with Crippen LogP contribution in [0.3, 0.4) is 0 Å². The summed E-state index contributed by atoms with van der Waals surface area (Å²) in [6.45, 7) is 1.48. The average molecular weight is 362 g/mol. The maximum atomic E-state index is 12.7. The van der Waals surface area contributed by atoms with Gasteiger partial charge in [0.1, 0.15) is 0 Å². The zero-order valence-electron chi connectivity index (χ0n) is 13.9. The van der Waals surface area contributed by atoms with Crippen LogP contribution >= 0.6 is 11.3 Å². The molecule has 8 nitrogen and oxygen atoms in total. The molecule has 0 amide bonds. The number of hydrogen-bond acceptors (Lipinski definition) is 8. The van der Waals surface area contributed by atoms with Crippen LogP contribution in [0.5, 0.6) is 11.5 Å². The molecule has 1 N–H and O–H groups in total. The summed E-state index contributed by atoms with van der Waals surface area (Å²) in [7, 11) is 3.08. The lowest BCUT2D eigenvalue weighted by molar-refractivity contribution is 0.120. The molecular weight excluding hydrogens is 344 g/mol. The minimum absolute atomic E-state index is 0.198. The maximum absolute atomic E-state index is 12.7. The van der Waals surface area contributed by atoms with Crippen molar-refractivity contribution in [2.24, 2.45) is 0 Å².